The summed E-state index contributed by atoms with van der Waals surface area (Å²) in [6.07, 6.45) is 8.11. The molecule has 1 aliphatic carbocycles. The van der Waals surface area contributed by atoms with Crippen molar-refractivity contribution in [2.24, 2.45) is 0 Å². The highest BCUT2D eigenvalue weighted by molar-refractivity contribution is 6.00. The number of carbonyl (C=O) groups is 2. The lowest BCUT2D eigenvalue weighted by Crippen LogP contribution is -2.73. The van der Waals surface area contributed by atoms with E-state index in [-0.39, 0.29) is 24.2 Å². The van der Waals surface area contributed by atoms with Crippen molar-refractivity contribution in [3.05, 3.63) is 35.4 Å². The Bertz CT molecular complexity index is 830. The quantitative estimate of drug-likeness (QED) is 0.605. The molecule has 34 heavy (non-hydrogen) atoms. The van der Waals surface area contributed by atoms with Crippen LogP contribution in [-0.4, -0.2) is 63.5 Å². The van der Waals surface area contributed by atoms with Crippen LogP contribution in [0.2, 0.25) is 0 Å². The number of aliphatic hydroxyl groups is 1. The molecule has 6 nitrogen and oxygen atoms in total. The summed E-state index contributed by atoms with van der Waals surface area (Å²) in [6, 6.07) is 8.02. The zero-order valence-corrected chi connectivity index (χ0v) is 21.7. The van der Waals surface area contributed by atoms with Gasteiger partial charge in [0, 0.05) is 32.6 Å². The van der Waals surface area contributed by atoms with Gasteiger partial charge < -0.3 is 15.3 Å². The second kappa shape index (κ2) is 11.4. The number of hydrogen-bond acceptors (Lipinski definition) is 4. The van der Waals surface area contributed by atoms with Gasteiger partial charge in [0.25, 0.3) is 0 Å². The molecule has 1 aromatic carbocycles. The molecule has 2 amide bonds. The summed E-state index contributed by atoms with van der Waals surface area (Å²) in [5.41, 5.74) is 0.961. The van der Waals surface area contributed by atoms with Crippen LogP contribution in [0.3, 0.4) is 0 Å². The van der Waals surface area contributed by atoms with E-state index in [2.05, 4.69) is 48.3 Å². The minimum absolute atomic E-state index is 0. The summed E-state index contributed by atoms with van der Waals surface area (Å²) in [6.45, 7) is 7.30. The first-order chi connectivity index (χ1) is 15.8. The van der Waals surface area contributed by atoms with Crippen LogP contribution >= 0.6 is 12.4 Å². The molecule has 1 aromatic rings. The maximum atomic E-state index is 13.7. The lowest BCUT2D eigenvalue weighted by atomic mass is 9.77. The molecule has 2 N–H and O–H groups in total. The minimum Gasteiger partial charge on any atom is -0.390 e. The Morgan fingerprint density at radius 2 is 1.68 bits per heavy atom. The van der Waals surface area contributed by atoms with E-state index in [4.69, 9.17) is 0 Å². The molecule has 3 aliphatic rings. The summed E-state index contributed by atoms with van der Waals surface area (Å²) in [5, 5.41) is 14.1. The van der Waals surface area contributed by atoms with Crippen molar-refractivity contribution in [2.45, 2.75) is 102 Å². The van der Waals surface area contributed by atoms with Crippen LogP contribution in [0.5, 0.6) is 0 Å². The van der Waals surface area contributed by atoms with Crippen LogP contribution in [-0.2, 0) is 16.1 Å². The van der Waals surface area contributed by atoms with Crippen molar-refractivity contribution < 1.29 is 14.7 Å². The first-order valence-electron chi connectivity index (χ1n) is 13.0. The summed E-state index contributed by atoms with van der Waals surface area (Å²) in [4.78, 5) is 31.5. The first kappa shape index (κ1) is 27.0. The predicted molar refractivity (Wildman–Crippen MR) is 137 cm³/mol. The maximum Gasteiger partial charge on any atom is 0.246 e. The van der Waals surface area contributed by atoms with Crippen molar-refractivity contribution in [1.29, 1.82) is 0 Å². The molecule has 0 aromatic heterocycles. The predicted octanol–water partition coefficient (Wildman–Crippen LogP) is 3.96. The Labute approximate surface area is 210 Å². The molecular weight excluding hydrogens is 450 g/mol. The van der Waals surface area contributed by atoms with Crippen LogP contribution < -0.4 is 5.32 Å². The third-order valence-corrected chi connectivity index (χ3v) is 8.12. The van der Waals surface area contributed by atoms with Crippen LogP contribution in [0, 0.1) is 6.92 Å². The maximum absolute atomic E-state index is 13.7. The highest BCUT2D eigenvalue weighted by Gasteiger charge is 2.54. The number of likely N-dealkylation sites (tertiary alicyclic amines) is 1. The second-order valence-electron chi connectivity index (χ2n) is 10.7. The van der Waals surface area contributed by atoms with Gasteiger partial charge in [-0.15, -0.1) is 12.4 Å². The summed E-state index contributed by atoms with van der Waals surface area (Å²) in [7, 11) is 0. The normalized spacial score (nSPS) is 24.6. The molecular formula is C27H42ClN3O3. The number of nitrogens with one attached hydrogen (secondary N) is 1. The molecule has 2 aliphatic heterocycles. The van der Waals surface area contributed by atoms with Crippen LogP contribution in [0.15, 0.2) is 24.3 Å². The van der Waals surface area contributed by atoms with E-state index in [0.717, 1.165) is 64.6 Å². The van der Waals surface area contributed by atoms with Gasteiger partial charge in [-0.05, 0) is 44.6 Å². The third kappa shape index (κ3) is 5.77. The van der Waals surface area contributed by atoms with Crippen molar-refractivity contribution in [3.63, 3.8) is 0 Å². The number of halogens is 1. The fraction of sp³-hybridized carbons (Fsp3) is 0.704. The molecule has 3 fully saturated rings. The number of piperidine rings is 1. The smallest absolute Gasteiger partial charge is 0.246 e. The number of benzene rings is 1. The molecule has 0 unspecified atom stereocenters. The molecule has 0 radical (unpaired) electrons. The molecule has 1 spiro atoms. The molecule has 2 saturated heterocycles. The highest BCUT2D eigenvalue weighted by atomic mass is 35.5. The Morgan fingerprint density at radius 3 is 2.29 bits per heavy atom. The number of unbranched alkanes of at least 4 members (excludes halogenated alkanes) is 1. The van der Waals surface area contributed by atoms with Gasteiger partial charge >= 0.3 is 0 Å². The molecule has 0 bridgehead atoms. The van der Waals surface area contributed by atoms with Crippen molar-refractivity contribution in [2.75, 3.05) is 19.6 Å². The number of hydrogen-bond donors (Lipinski definition) is 2. The standard InChI is InChI=1S/C27H41N3O3.ClH/c1-3-4-16-30-24(31)23(19-26(33)12-6-5-7-13-26)28-25(32)27(30)14-17-29(18-15-27)20-22-10-8-21(2)9-11-22;/h8-11,23,33H,3-7,12-20H2,1-2H3,(H,28,32);1H/t23-;/m1./s1. The second-order valence-corrected chi connectivity index (χ2v) is 10.7. The van der Waals surface area contributed by atoms with E-state index in [1.807, 2.05) is 4.90 Å². The monoisotopic (exact) mass is 491 g/mol. The third-order valence-electron chi connectivity index (χ3n) is 8.12. The van der Waals surface area contributed by atoms with Crippen LogP contribution in [0.4, 0.5) is 0 Å². The summed E-state index contributed by atoms with van der Waals surface area (Å²) >= 11 is 0. The minimum atomic E-state index is -0.829. The number of aryl methyl sites for hydroxylation is 1. The fourth-order valence-corrected chi connectivity index (χ4v) is 5.98. The molecule has 1 saturated carbocycles. The van der Waals surface area contributed by atoms with Gasteiger partial charge in [0.15, 0.2) is 0 Å². The van der Waals surface area contributed by atoms with E-state index in [0.29, 0.717) is 25.8 Å². The van der Waals surface area contributed by atoms with E-state index >= 15 is 0 Å². The molecule has 4 rings (SSSR count). The zero-order chi connectivity index (χ0) is 23.5. The average Bonchev–Trinajstić information content (AvgIpc) is 2.81. The number of carbonyl (C=O) groups excluding carboxylic acids is 2. The summed E-state index contributed by atoms with van der Waals surface area (Å²) in [5.74, 6) is -0.00775. The number of rotatable bonds is 7. The van der Waals surface area contributed by atoms with Crippen molar-refractivity contribution in [1.82, 2.24) is 15.1 Å². The Hall–Kier alpha value is -1.63. The average molecular weight is 492 g/mol. The topological polar surface area (TPSA) is 72.9 Å². The Morgan fingerprint density at radius 1 is 1.03 bits per heavy atom. The van der Waals surface area contributed by atoms with E-state index in [9.17, 15) is 14.7 Å². The number of nitrogens with zero attached hydrogens (tertiary/aromatic N) is 2. The van der Waals surface area contributed by atoms with Gasteiger partial charge in [-0.1, -0.05) is 62.4 Å². The van der Waals surface area contributed by atoms with Crippen molar-refractivity contribution >= 4 is 24.2 Å². The lowest BCUT2D eigenvalue weighted by Gasteiger charge is -2.52. The first-order valence-corrected chi connectivity index (χ1v) is 13.0. The molecule has 1 atom stereocenters. The fourth-order valence-electron chi connectivity index (χ4n) is 5.98. The largest absolute Gasteiger partial charge is 0.390 e. The molecule has 7 heteroatoms. The highest BCUT2D eigenvalue weighted by Crippen LogP contribution is 2.37. The van der Waals surface area contributed by atoms with Gasteiger partial charge in [0.2, 0.25) is 11.8 Å². The van der Waals surface area contributed by atoms with Crippen LogP contribution in [0.25, 0.3) is 0 Å². The number of piperazine rings is 1. The molecule has 190 valence electrons. The van der Waals surface area contributed by atoms with Gasteiger partial charge in [0.05, 0.1) is 5.60 Å². The Kier molecular flexibility index (Phi) is 9.04. The zero-order valence-electron chi connectivity index (χ0n) is 20.9. The van der Waals surface area contributed by atoms with Crippen molar-refractivity contribution in [3.8, 4) is 0 Å². The number of amides is 2. The van der Waals surface area contributed by atoms with Gasteiger partial charge in [0.1, 0.15) is 11.6 Å². The van der Waals surface area contributed by atoms with Gasteiger partial charge in [-0.25, -0.2) is 0 Å². The van der Waals surface area contributed by atoms with E-state index < -0.39 is 17.2 Å². The molecule has 2 heterocycles. The lowest BCUT2D eigenvalue weighted by molar-refractivity contribution is -0.163. The van der Waals surface area contributed by atoms with E-state index in [1.54, 1.807) is 0 Å². The van der Waals surface area contributed by atoms with E-state index in [1.165, 1.54) is 11.1 Å². The SMILES string of the molecule is CCCCN1C(=O)[C@@H](CC2(O)CCCCC2)NC(=O)C12CCN(Cc1ccc(C)cc1)CC2.Cl. The van der Waals surface area contributed by atoms with Gasteiger partial charge in [-0.2, -0.15) is 0 Å². The Balaban J connectivity index is 0.00000324. The van der Waals surface area contributed by atoms with Gasteiger partial charge in [-0.3, -0.25) is 14.5 Å². The summed E-state index contributed by atoms with van der Waals surface area (Å²) < 4.78 is 0. The van der Waals surface area contributed by atoms with Crippen LogP contribution in [0.1, 0.15) is 82.3 Å².